The summed E-state index contributed by atoms with van der Waals surface area (Å²) >= 11 is 1.40. The van der Waals surface area contributed by atoms with Crippen LogP contribution in [0.2, 0.25) is 0 Å². The van der Waals surface area contributed by atoms with Crippen molar-refractivity contribution in [1.82, 2.24) is 9.97 Å². The first kappa shape index (κ1) is 19.0. The van der Waals surface area contributed by atoms with Crippen LogP contribution in [0.1, 0.15) is 39.7 Å². The Kier molecular flexibility index (Phi) is 4.54. The number of nitrogens with zero attached hydrogens (tertiary/aromatic N) is 2. The molecular formula is C20H17N3O5S. The fourth-order valence-corrected chi connectivity index (χ4v) is 4.33. The van der Waals surface area contributed by atoms with Crippen LogP contribution in [0.5, 0.6) is 0 Å². The lowest BCUT2D eigenvalue weighted by molar-refractivity contribution is -0.147. The van der Waals surface area contributed by atoms with Crippen LogP contribution in [0.4, 0.5) is 5.69 Å². The van der Waals surface area contributed by atoms with E-state index < -0.39 is 30.3 Å². The van der Waals surface area contributed by atoms with E-state index in [4.69, 9.17) is 4.74 Å². The Balaban J connectivity index is 1.54. The summed E-state index contributed by atoms with van der Waals surface area (Å²) in [5, 5.41) is 0.535. The van der Waals surface area contributed by atoms with Crippen LogP contribution in [-0.2, 0) is 14.3 Å². The highest BCUT2D eigenvalue weighted by molar-refractivity contribution is 7.18. The molecule has 0 fully saturated rings. The van der Waals surface area contributed by atoms with E-state index in [0.717, 1.165) is 15.3 Å². The number of para-hydroxylation sites is 1. The maximum atomic E-state index is 12.4. The number of Topliss-reactive ketones (excluding diaryl/α,β-unsaturated/α-hetero) is 1. The van der Waals surface area contributed by atoms with Gasteiger partial charge in [0.1, 0.15) is 11.4 Å². The molecule has 1 aromatic carbocycles. The lowest BCUT2D eigenvalue weighted by Gasteiger charge is -2.18. The van der Waals surface area contributed by atoms with E-state index in [1.54, 1.807) is 31.2 Å². The molecule has 3 heterocycles. The molecule has 1 amide bonds. The second kappa shape index (κ2) is 6.93. The van der Waals surface area contributed by atoms with Crippen LogP contribution in [0.3, 0.4) is 0 Å². The van der Waals surface area contributed by atoms with Gasteiger partial charge in [-0.2, -0.15) is 0 Å². The van der Waals surface area contributed by atoms with E-state index in [2.05, 4.69) is 9.97 Å². The zero-order valence-corrected chi connectivity index (χ0v) is 16.8. The number of anilines is 1. The molecule has 9 heteroatoms. The first-order valence-electron chi connectivity index (χ1n) is 8.92. The van der Waals surface area contributed by atoms with Crippen LogP contribution in [0, 0.1) is 13.8 Å². The van der Waals surface area contributed by atoms with Gasteiger partial charge in [0.05, 0.1) is 16.6 Å². The number of ether oxygens (including phenoxy) is 1. The summed E-state index contributed by atoms with van der Waals surface area (Å²) < 4.78 is 5.37. The molecule has 3 aromatic rings. The number of aromatic amines is 1. The van der Waals surface area contributed by atoms with Gasteiger partial charge in [0.15, 0.2) is 11.9 Å². The van der Waals surface area contributed by atoms with Crippen molar-refractivity contribution in [3.8, 4) is 0 Å². The predicted octanol–water partition coefficient (Wildman–Crippen LogP) is 2.44. The number of hydrogen-bond donors (Lipinski definition) is 1. The van der Waals surface area contributed by atoms with E-state index in [0.29, 0.717) is 15.9 Å². The quantitative estimate of drug-likeness (QED) is 0.522. The van der Waals surface area contributed by atoms with Crippen molar-refractivity contribution in [2.45, 2.75) is 26.9 Å². The van der Waals surface area contributed by atoms with Crippen LogP contribution in [0.25, 0.3) is 10.2 Å². The third-order valence-electron chi connectivity index (χ3n) is 4.92. The molecule has 0 spiro atoms. The summed E-state index contributed by atoms with van der Waals surface area (Å²) in [6.45, 7) is 4.95. The molecule has 0 bridgehead atoms. The molecule has 148 valence electrons. The third kappa shape index (κ3) is 3.13. The molecule has 1 aliphatic rings. The minimum atomic E-state index is -0.828. The summed E-state index contributed by atoms with van der Waals surface area (Å²) in [7, 11) is 0. The van der Waals surface area contributed by atoms with E-state index in [-0.39, 0.29) is 16.9 Å². The van der Waals surface area contributed by atoms with Gasteiger partial charge in [-0.15, -0.1) is 11.3 Å². The molecule has 4 rings (SSSR count). The molecule has 0 radical (unpaired) electrons. The number of nitrogens with one attached hydrogen (secondary N) is 1. The number of fused-ring (bicyclic) bond motifs is 2. The van der Waals surface area contributed by atoms with Gasteiger partial charge in [0.2, 0.25) is 0 Å². The Labute approximate surface area is 169 Å². The SMILES string of the molecule is Cc1sc2nc([C@H](C)OC(=O)CN3C(=O)C(=O)c4ccccc43)[nH]c(=O)c2c1C. The fourth-order valence-electron chi connectivity index (χ4n) is 3.29. The largest absolute Gasteiger partial charge is 0.453 e. The highest BCUT2D eigenvalue weighted by Gasteiger charge is 2.37. The molecule has 0 saturated heterocycles. The molecule has 1 atom stereocenters. The van der Waals surface area contributed by atoms with Gasteiger partial charge in [-0.05, 0) is 38.5 Å². The Hall–Kier alpha value is -3.33. The number of ketones is 1. The molecule has 2 aromatic heterocycles. The maximum absolute atomic E-state index is 12.4. The van der Waals surface area contributed by atoms with Crippen LogP contribution in [0.15, 0.2) is 29.1 Å². The summed E-state index contributed by atoms with van der Waals surface area (Å²) in [6, 6.07) is 6.47. The Morgan fingerprint density at radius 1 is 1.24 bits per heavy atom. The van der Waals surface area contributed by atoms with Crippen molar-refractivity contribution in [1.29, 1.82) is 0 Å². The smallest absolute Gasteiger partial charge is 0.326 e. The lowest BCUT2D eigenvalue weighted by Crippen LogP contribution is -2.35. The molecule has 8 nitrogen and oxygen atoms in total. The number of esters is 1. The van der Waals surface area contributed by atoms with E-state index in [1.165, 1.54) is 11.3 Å². The van der Waals surface area contributed by atoms with Crippen molar-refractivity contribution in [3.05, 3.63) is 56.4 Å². The van der Waals surface area contributed by atoms with E-state index in [9.17, 15) is 19.2 Å². The summed E-state index contributed by atoms with van der Waals surface area (Å²) in [5.41, 5.74) is 1.23. The molecule has 1 N–H and O–H groups in total. The lowest BCUT2D eigenvalue weighted by atomic mass is 10.1. The average Bonchev–Trinajstić information content (AvgIpc) is 3.10. The van der Waals surface area contributed by atoms with E-state index in [1.807, 2.05) is 13.8 Å². The summed E-state index contributed by atoms with van der Waals surface area (Å²) in [4.78, 5) is 58.8. The number of aromatic nitrogens is 2. The highest BCUT2D eigenvalue weighted by Crippen LogP contribution is 2.29. The van der Waals surface area contributed by atoms with Crippen molar-refractivity contribution >= 4 is 44.9 Å². The minimum absolute atomic E-state index is 0.223. The van der Waals surface area contributed by atoms with Gasteiger partial charge in [-0.1, -0.05) is 12.1 Å². The van der Waals surface area contributed by atoms with Gasteiger partial charge in [0, 0.05) is 4.88 Å². The molecule has 29 heavy (non-hydrogen) atoms. The van der Waals surface area contributed by atoms with Crippen molar-refractivity contribution in [2.24, 2.45) is 0 Å². The number of carbonyl (C=O) groups is 3. The normalized spacial score (nSPS) is 14.4. The number of H-pyrrole nitrogens is 1. The van der Waals surface area contributed by atoms with Crippen molar-refractivity contribution in [2.75, 3.05) is 11.4 Å². The standard InChI is InChI=1S/C20H17N3O5S/c1-9-11(3)29-19-15(9)18(26)21-17(22-19)10(2)28-14(24)8-23-13-7-5-4-6-12(13)16(25)20(23)27/h4-7,10H,8H2,1-3H3,(H,21,22,26)/t10-/m0/s1. The zero-order chi connectivity index (χ0) is 20.9. The molecule has 1 aliphatic heterocycles. The van der Waals surface area contributed by atoms with Crippen LogP contribution < -0.4 is 10.5 Å². The number of amides is 1. The van der Waals surface area contributed by atoms with Crippen molar-refractivity contribution in [3.63, 3.8) is 0 Å². The maximum Gasteiger partial charge on any atom is 0.326 e. The first-order valence-corrected chi connectivity index (χ1v) is 9.74. The topological polar surface area (TPSA) is 109 Å². The monoisotopic (exact) mass is 411 g/mol. The number of carbonyl (C=O) groups excluding carboxylic acids is 3. The predicted molar refractivity (Wildman–Crippen MR) is 107 cm³/mol. The molecule has 0 saturated carbocycles. The number of aryl methyl sites for hydroxylation is 2. The molecule has 0 aliphatic carbocycles. The highest BCUT2D eigenvalue weighted by atomic mass is 32.1. The van der Waals surface area contributed by atoms with Crippen LogP contribution >= 0.6 is 11.3 Å². The van der Waals surface area contributed by atoms with Gasteiger partial charge >= 0.3 is 5.97 Å². The number of benzene rings is 1. The van der Waals surface area contributed by atoms with Crippen molar-refractivity contribution < 1.29 is 19.1 Å². The number of hydrogen-bond acceptors (Lipinski definition) is 7. The molecule has 0 unspecified atom stereocenters. The first-order chi connectivity index (χ1) is 13.8. The number of thiophene rings is 1. The average molecular weight is 411 g/mol. The second-order valence-electron chi connectivity index (χ2n) is 6.78. The minimum Gasteiger partial charge on any atom is -0.453 e. The summed E-state index contributed by atoms with van der Waals surface area (Å²) in [6.07, 6.45) is -0.828. The van der Waals surface area contributed by atoms with E-state index >= 15 is 0 Å². The third-order valence-corrected chi connectivity index (χ3v) is 6.02. The van der Waals surface area contributed by atoms with Gasteiger partial charge in [0.25, 0.3) is 17.2 Å². The van der Waals surface area contributed by atoms with Gasteiger partial charge in [-0.25, -0.2) is 4.98 Å². The fraction of sp³-hybridized carbons (Fsp3) is 0.250. The zero-order valence-electron chi connectivity index (χ0n) is 15.9. The Morgan fingerprint density at radius 2 is 1.97 bits per heavy atom. The van der Waals surface area contributed by atoms with Gasteiger partial charge < -0.3 is 9.72 Å². The molecular weight excluding hydrogens is 394 g/mol. The number of rotatable bonds is 4. The summed E-state index contributed by atoms with van der Waals surface area (Å²) in [5.74, 6) is -1.91. The van der Waals surface area contributed by atoms with Gasteiger partial charge in [-0.3, -0.25) is 24.1 Å². The Bertz CT molecular complexity index is 1240. The van der Waals surface area contributed by atoms with Crippen LogP contribution in [-0.4, -0.2) is 34.2 Å². The second-order valence-corrected chi connectivity index (χ2v) is 7.99. The Morgan fingerprint density at radius 3 is 2.72 bits per heavy atom.